The van der Waals surface area contributed by atoms with Crippen LogP contribution in [0.4, 0.5) is 10.2 Å². The highest BCUT2D eigenvalue weighted by Gasteiger charge is 2.21. The predicted molar refractivity (Wildman–Crippen MR) is 104 cm³/mol. The number of amides is 1. The zero-order chi connectivity index (χ0) is 19.7. The largest absolute Gasteiger partial charge is 0.487 e. The zero-order valence-electron chi connectivity index (χ0n) is 15.4. The van der Waals surface area contributed by atoms with Gasteiger partial charge in [0.25, 0.3) is 5.91 Å². The first-order valence-electron chi connectivity index (χ1n) is 9.11. The molecule has 1 aliphatic heterocycles. The number of halogens is 1. The molecule has 0 aliphatic carbocycles. The summed E-state index contributed by atoms with van der Waals surface area (Å²) in [6, 6.07) is 6.71. The Bertz CT molecular complexity index is 1030. The molecule has 1 amide bonds. The second kappa shape index (κ2) is 7.47. The van der Waals surface area contributed by atoms with Crippen molar-refractivity contribution in [2.45, 2.75) is 18.9 Å². The van der Waals surface area contributed by atoms with Gasteiger partial charge in [-0.2, -0.15) is 0 Å². The molecule has 8 heteroatoms. The van der Waals surface area contributed by atoms with Gasteiger partial charge in [0.2, 0.25) is 0 Å². The minimum absolute atomic E-state index is 0.0686. The third-order valence-electron chi connectivity index (χ3n) is 4.88. The molecule has 146 valence electrons. The molecule has 1 aromatic carbocycles. The van der Waals surface area contributed by atoms with Gasteiger partial charge in [-0.1, -0.05) is 6.07 Å². The summed E-state index contributed by atoms with van der Waals surface area (Å²) < 4.78 is 26.3. The fourth-order valence-electron chi connectivity index (χ4n) is 3.38. The predicted octanol–water partition coefficient (Wildman–Crippen LogP) is 2.87. The number of benzene rings is 1. The van der Waals surface area contributed by atoms with Crippen LogP contribution in [0.3, 0.4) is 0 Å². The normalized spacial score (nSPS) is 14.9. The Morgan fingerprint density at radius 3 is 2.93 bits per heavy atom. The molecule has 2 aromatic heterocycles. The molecule has 0 radical (unpaired) electrons. The van der Waals surface area contributed by atoms with Gasteiger partial charge < -0.3 is 25.5 Å². The molecule has 1 fully saturated rings. The maximum absolute atomic E-state index is 15.2. The van der Waals surface area contributed by atoms with Crippen LogP contribution in [-0.2, 0) is 4.74 Å². The second-order valence-electron chi connectivity index (χ2n) is 6.66. The molecular formula is C20H21FN4O3. The number of nitrogen functional groups attached to an aromatic ring is 1. The van der Waals surface area contributed by atoms with Crippen LogP contribution in [-0.4, -0.2) is 42.2 Å². The monoisotopic (exact) mass is 384 g/mol. The van der Waals surface area contributed by atoms with Gasteiger partial charge in [0.1, 0.15) is 11.9 Å². The van der Waals surface area contributed by atoms with E-state index in [9.17, 15) is 4.79 Å². The van der Waals surface area contributed by atoms with Crippen LogP contribution in [0, 0.1) is 5.82 Å². The number of nitrogens with zero attached hydrogens (tertiary/aromatic N) is 1. The van der Waals surface area contributed by atoms with E-state index in [0.717, 1.165) is 12.8 Å². The van der Waals surface area contributed by atoms with Crippen LogP contribution in [0.15, 0.2) is 30.5 Å². The minimum atomic E-state index is -0.464. The number of rotatable bonds is 4. The summed E-state index contributed by atoms with van der Waals surface area (Å²) >= 11 is 0. The Morgan fingerprint density at radius 1 is 1.39 bits per heavy atom. The van der Waals surface area contributed by atoms with E-state index in [4.69, 9.17) is 15.2 Å². The lowest BCUT2D eigenvalue weighted by Crippen LogP contribution is -2.26. The maximum Gasteiger partial charge on any atom is 0.253 e. The summed E-state index contributed by atoms with van der Waals surface area (Å²) in [6.45, 7) is 1.23. The highest BCUT2D eigenvalue weighted by atomic mass is 19.1. The number of pyridine rings is 1. The average Bonchev–Trinajstić information content (AvgIpc) is 3.16. The van der Waals surface area contributed by atoms with Gasteiger partial charge in [-0.15, -0.1) is 0 Å². The SMILES string of the molecule is CNC(=O)c1cnc(N)c2[nH]c(-c3cccc(OC4CCOCC4)c3F)cc12. The number of ether oxygens (including phenoxy) is 2. The topological polar surface area (TPSA) is 102 Å². The summed E-state index contributed by atoms with van der Waals surface area (Å²) in [6.07, 6.45) is 2.80. The molecule has 3 aromatic rings. The minimum Gasteiger partial charge on any atom is -0.487 e. The lowest BCUT2D eigenvalue weighted by molar-refractivity contribution is 0.0241. The number of carbonyl (C=O) groups excluding carboxylic acids is 1. The number of hydrogen-bond donors (Lipinski definition) is 3. The van der Waals surface area contributed by atoms with E-state index in [0.29, 0.717) is 40.9 Å². The fourth-order valence-corrected chi connectivity index (χ4v) is 3.38. The Hall–Kier alpha value is -3.13. The van der Waals surface area contributed by atoms with Gasteiger partial charge in [0.05, 0.1) is 24.3 Å². The molecule has 0 saturated carbocycles. The molecule has 1 aliphatic rings. The molecule has 3 heterocycles. The standard InChI is InChI=1S/C20H21FN4O3/c1-23-20(26)14-10-24-19(22)18-13(14)9-15(25-18)12-3-2-4-16(17(12)21)28-11-5-7-27-8-6-11/h2-4,9-11,25H,5-8H2,1H3,(H2,22,24)(H,23,26). The van der Waals surface area contributed by atoms with Gasteiger partial charge in [0.15, 0.2) is 11.6 Å². The first-order valence-corrected chi connectivity index (χ1v) is 9.11. The molecule has 0 unspecified atom stereocenters. The summed E-state index contributed by atoms with van der Waals surface area (Å²) in [7, 11) is 1.54. The molecule has 7 nitrogen and oxygen atoms in total. The highest BCUT2D eigenvalue weighted by molar-refractivity contribution is 6.09. The summed E-state index contributed by atoms with van der Waals surface area (Å²) in [5.74, 6) is -0.321. The van der Waals surface area contributed by atoms with E-state index in [1.807, 2.05) is 0 Å². The Kier molecular flexibility index (Phi) is 4.87. The van der Waals surface area contributed by atoms with Crippen LogP contribution in [0.1, 0.15) is 23.2 Å². The first kappa shape index (κ1) is 18.2. The van der Waals surface area contributed by atoms with Gasteiger partial charge >= 0.3 is 0 Å². The first-order chi connectivity index (χ1) is 13.6. The van der Waals surface area contributed by atoms with Crippen molar-refractivity contribution in [1.29, 1.82) is 0 Å². The zero-order valence-corrected chi connectivity index (χ0v) is 15.4. The van der Waals surface area contributed by atoms with Crippen molar-refractivity contribution in [3.63, 3.8) is 0 Å². The van der Waals surface area contributed by atoms with Crippen LogP contribution in [0.25, 0.3) is 22.2 Å². The number of hydrogen-bond acceptors (Lipinski definition) is 5. The third-order valence-corrected chi connectivity index (χ3v) is 4.88. The van der Waals surface area contributed by atoms with Gasteiger partial charge in [-0.3, -0.25) is 4.79 Å². The quantitative estimate of drug-likeness (QED) is 0.642. The number of nitrogens with one attached hydrogen (secondary N) is 2. The number of carbonyl (C=O) groups is 1. The molecule has 0 spiro atoms. The molecule has 0 bridgehead atoms. The Labute approximate surface area is 161 Å². The van der Waals surface area contributed by atoms with Crippen molar-refractivity contribution in [3.05, 3.63) is 41.8 Å². The van der Waals surface area contributed by atoms with Crippen LogP contribution in [0.5, 0.6) is 5.75 Å². The second-order valence-corrected chi connectivity index (χ2v) is 6.66. The molecule has 0 atom stereocenters. The molecule has 4 N–H and O–H groups in total. The van der Waals surface area contributed by atoms with Crippen molar-refractivity contribution in [1.82, 2.24) is 15.3 Å². The van der Waals surface area contributed by atoms with Crippen molar-refractivity contribution in [2.24, 2.45) is 0 Å². The fraction of sp³-hybridized carbons (Fsp3) is 0.300. The van der Waals surface area contributed by atoms with Crippen molar-refractivity contribution >= 4 is 22.6 Å². The molecular weight excluding hydrogens is 363 g/mol. The summed E-state index contributed by atoms with van der Waals surface area (Å²) in [5, 5.41) is 3.15. The number of nitrogens with two attached hydrogens (primary N) is 1. The smallest absolute Gasteiger partial charge is 0.253 e. The molecule has 4 rings (SSSR count). The van der Waals surface area contributed by atoms with Gasteiger partial charge in [-0.05, 0) is 18.2 Å². The number of H-pyrrole nitrogens is 1. The van der Waals surface area contributed by atoms with E-state index in [2.05, 4.69) is 15.3 Å². The van der Waals surface area contributed by atoms with E-state index >= 15 is 4.39 Å². The lowest BCUT2D eigenvalue weighted by Gasteiger charge is -2.23. The van der Waals surface area contributed by atoms with E-state index in [1.165, 1.54) is 13.2 Å². The lowest BCUT2D eigenvalue weighted by atomic mass is 10.1. The maximum atomic E-state index is 15.2. The molecule has 28 heavy (non-hydrogen) atoms. The van der Waals surface area contributed by atoms with E-state index < -0.39 is 5.82 Å². The summed E-state index contributed by atoms with van der Waals surface area (Å²) in [5.41, 5.74) is 7.63. The van der Waals surface area contributed by atoms with Crippen molar-refractivity contribution < 1.29 is 18.7 Å². The number of fused-ring (bicyclic) bond motifs is 1. The number of anilines is 1. The number of aromatic nitrogens is 2. The molecule has 1 saturated heterocycles. The number of aromatic amines is 1. The van der Waals surface area contributed by atoms with Gasteiger partial charge in [-0.25, -0.2) is 9.37 Å². The van der Waals surface area contributed by atoms with Gasteiger partial charge in [0, 0.05) is 42.7 Å². The van der Waals surface area contributed by atoms with Crippen LogP contribution in [0.2, 0.25) is 0 Å². The Morgan fingerprint density at radius 2 is 2.18 bits per heavy atom. The average molecular weight is 384 g/mol. The highest BCUT2D eigenvalue weighted by Crippen LogP contribution is 2.34. The third kappa shape index (κ3) is 3.27. The van der Waals surface area contributed by atoms with Crippen LogP contribution < -0.4 is 15.8 Å². The van der Waals surface area contributed by atoms with Crippen molar-refractivity contribution in [3.8, 4) is 17.0 Å². The van der Waals surface area contributed by atoms with Crippen molar-refractivity contribution in [2.75, 3.05) is 26.0 Å². The Balaban J connectivity index is 1.74. The van der Waals surface area contributed by atoms with E-state index in [-0.39, 0.29) is 23.6 Å². The summed E-state index contributed by atoms with van der Waals surface area (Å²) in [4.78, 5) is 19.3. The van der Waals surface area contributed by atoms with E-state index in [1.54, 1.807) is 24.3 Å². The van der Waals surface area contributed by atoms with Crippen LogP contribution >= 0.6 is 0 Å².